The number of ether oxygens (including phenoxy) is 1. The molecule has 2 aromatic rings. The van der Waals surface area contributed by atoms with Gasteiger partial charge in [-0.15, -0.1) is 0 Å². The zero-order valence-corrected chi connectivity index (χ0v) is 10.9. The van der Waals surface area contributed by atoms with Crippen LogP contribution in [0.4, 0.5) is 14.6 Å². The minimum Gasteiger partial charge on any atom is -0.496 e. The fourth-order valence-corrected chi connectivity index (χ4v) is 2.06. The van der Waals surface area contributed by atoms with Crippen molar-refractivity contribution in [2.45, 2.75) is 13.3 Å². The topological polar surface area (TPSA) is 53.1 Å². The molecule has 0 saturated heterocycles. The van der Waals surface area contributed by atoms with Crippen LogP contribution in [0.3, 0.4) is 0 Å². The van der Waals surface area contributed by atoms with E-state index in [9.17, 15) is 8.78 Å². The predicted octanol–water partition coefficient (Wildman–Crippen LogP) is 2.92. The second-order valence-electron chi connectivity index (χ2n) is 4.25. The second kappa shape index (κ2) is 4.87. The summed E-state index contributed by atoms with van der Waals surface area (Å²) in [5.41, 5.74) is 7.73. The fraction of sp³-hybridized carbons (Fsp3) is 0.308. The molecule has 0 unspecified atom stereocenters. The zero-order chi connectivity index (χ0) is 14.2. The molecule has 19 heavy (non-hydrogen) atoms. The molecule has 0 fully saturated rings. The van der Waals surface area contributed by atoms with Gasteiger partial charge in [0.2, 0.25) is 0 Å². The quantitative estimate of drug-likeness (QED) is 0.930. The molecule has 0 bridgehead atoms. The number of aryl methyl sites for hydroxylation is 2. The van der Waals surface area contributed by atoms with Crippen LogP contribution in [-0.4, -0.2) is 16.9 Å². The first-order valence-electron chi connectivity index (χ1n) is 5.70. The Hall–Kier alpha value is -2.11. The van der Waals surface area contributed by atoms with Crippen LogP contribution >= 0.6 is 0 Å². The highest BCUT2D eigenvalue weighted by Crippen LogP contribution is 2.41. The Labute approximate surface area is 109 Å². The predicted molar refractivity (Wildman–Crippen MR) is 69.3 cm³/mol. The van der Waals surface area contributed by atoms with Crippen molar-refractivity contribution in [3.05, 3.63) is 29.5 Å². The van der Waals surface area contributed by atoms with Crippen molar-refractivity contribution in [3.63, 3.8) is 0 Å². The van der Waals surface area contributed by atoms with Crippen LogP contribution in [0.5, 0.6) is 5.75 Å². The number of nitrogens with zero attached hydrogens (tertiary/aromatic N) is 2. The molecule has 6 heteroatoms. The summed E-state index contributed by atoms with van der Waals surface area (Å²) in [5.74, 6) is 0.558. The summed E-state index contributed by atoms with van der Waals surface area (Å²) in [4.78, 5) is 0. The van der Waals surface area contributed by atoms with Crippen molar-refractivity contribution < 1.29 is 13.5 Å². The van der Waals surface area contributed by atoms with E-state index in [0.29, 0.717) is 16.9 Å². The number of benzene rings is 1. The van der Waals surface area contributed by atoms with E-state index in [1.165, 1.54) is 17.9 Å². The van der Waals surface area contributed by atoms with Gasteiger partial charge in [0.15, 0.2) is 0 Å². The number of hydrogen-bond acceptors (Lipinski definition) is 3. The Bertz CT molecular complexity index is 608. The molecule has 0 spiro atoms. The van der Waals surface area contributed by atoms with Crippen molar-refractivity contribution in [1.82, 2.24) is 9.78 Å². The van der Waals surface area contributed by atoms with Gasteiger partial charge in [-0.2, -0.15) is 5.10 Å². The SMILES string of the molecule is COc1c(C(F)F)ccc(C)c1-c1cnn(C)c1N. The molecular weight excluding hydrogens is 252 g/mol. The highest BCUT2D eigenvalue weighted by atomic mass is 19.3. The Morgan fingerprint density at radius 2 is 2.05 bits per heavy atom. The molecular formula is C13H15F2N3O. The molecule has 4 nitrogen and oxygen atoms in total. The number of alkyl halides is 2. The Morgan fingerprint density at radius 1 is 1.37 bits per heavy atom. The highest BCUT2D eigenvalue weighted by Gasteiger charge is 2.22. The molecule has 0 atom stereocenters. The maximum absolute atomic E-state index is 13.0. The van der Waals surface area contributed by atoms with Crippen molar-refractivity contribution in [1.29, 1.82) is 0 Å². The summed E-state index contributed by atoms with van der Waals surface area (Å²) < 4.78 is 32.7. The zero-order valence-electron chi connectivity index (χ0n) is 10.9. The fourth-order valence-electron chi connectivity index (χ4n) is 2.06. The number of methoxy groups -OCH3 is 1. The van der Waals surface area contributed by atoms with E-state index in [1.807, 2.05) is 6.92 Å². The van der Waals surface area contributed by atoms with E-state index < -0.39 is 6.43 Å². The van der Waals surface area contributed by atoms with Gasteiger partial charge in [-0.25, -0.2) is 8.78 Å². The Kier molecular flexibility index (Phi) is 3.42. The molecule has 2 rings (SSSR count). The Balaban J connectivity index is 2.75. The minimum absolute atomic E-state index is 0.147. The lowest BCUT2D eigenvalue weighted by molar-refractivity contribution is 0.147. The lowest BCUT2D eigenvalue weighted by Gasteiger charge is -2.15. The molecule has 0 aliphatic rings. The van der Waals surface area contributed by atoms with Crippen LogP contribution in [0.2, 0.25) is 0 Å². The van der Waals surface area contributed by atoms with E-state index in [-0.39, 0.29) is 11.3 Å². The first kappa shape index (κ1) is 13.3. The molecule has 0 aliphatic carbocycles. The monoisotopic (exact) mass is 267 g/mol. The lowest BCUT2D eigenvalue weighted by atomic mass is 9.98. The number of nitrogen functional groups attached to an aromatic ring is 1. The maximum Gasteiger partial charge on any atom is 0.267 e. The van der Waals surface area contributed by atoms with Gasteiger partial charge in [0.25, 0.3) is 6.43 Å². The van der Waals surface area contributed by atoms with E-state index in [1.54, 1.807) is 19.3 Å². The van der Waals surface area contributed by atoms with Gasteiger partial charge < -0.3 is 10.5 Å². The second-order valence-corrected chi connectivity index (χ2v) is 4.25. The standard InChI is InChI=1S/C13H15F2N3O/c1-7-4-5-8(12(14)15)11(19-3)10(7)9-6-17-18(2)13(9)16/h4-6,12H,16H2,1-3H3. The van der Waals surface area contributed by atoms with Crippen LogP contribution in [0, 0.1) is 6.92 Å². The number of anilines is 1. The van der Waals surface area contributed by atoms with E-state index in [2.05, 4.69) is 5.10 Å². The Morgan fingerprint density at radius 3 is 2.53 bits per heavy atom. The summed E-state index contributed by atoms with van der Waals surface area (Å²) >= 11 is 0. The van der Waals surface area contributed by atoms with Gasteiger partial charge in [-0.3, -0.25) is 4.68 Å². The van der Waals surface area contributed by atoms with Crippen LogP contribution in [0.25, 0.3) is 11.1 Å². The minimum atomic E-state index is -2.60. The van der Waals surface area contributed by atoms with Crippen molar-refractivity contribution >= 4 is 5.82 Å². The van der Waals surface area contributed by atoms with Crippen LogP contribution in [-0.2, 0) is 7.05 Å². The van der Waals surface area contributed by atoms with Crippen molar-refractivity contribution in [3.8, 4) is 16.9 Å². The largest absolute Gasteiger partial charge is 0.496 e. The van der Waals surface area contributed by atoms with Crippen molar-refractivity contribution in [2.75, 3.05) is 12.8 Å². The van der Waals surface area contributed by atoms with Crippen LogP contribution in [0.1, 0.15) is 17.6 Å². The normalized spacial score (nSPS) is 11.1. The average Bonchev–Trinajstić information content (AvgIpc) is 2.69. The van der Waals surface area contributed by atoms with Gasteiger partial charge in [0.05, 0.1) is 18.9 Å². The summed E-state index contributed by atoms with van der Waals surface area (Å²) in [6, 6.07) is 3.00. The molecule has 0 aliphatic heterocycles. The average molecular weight is 267 g/mol. The van der Waals surface area contributed by atoms with Crippen LogP contribution < -0.4 is 10.5 Å². The van der Waals surface area contributed by atoms with Gasteiger partial charge in [-0.05, 0) is 18.6 Å². The highest BCUT2D eigenvalue weighted by molar-refractivity contribution is 5.82. The first-order chi connectivity index (χ1) is 8.97. The maximum atomic E-state index is 13.0. The molecule has 1 heterocycles. The van der Waals surface area contributed by atoms with Gasteiger partial charge in [-0.1, -0.05) is 6.07 Å². The molecule has 0 amide bonds. The summed E-state index contributed by atoms with van der Waals surface area (Å²) in [7, 11) is 3.06. The van der Waals surface area contributed by atoms with Gasteiger partial charge in [0, 0.05) is 18.2 Å². The van der Waals surface area contributed by atoms with E-state index >= 15 is 0 Å². The van der Waals surface area contributed by atoms with Gasteiger partial charge in [0.1, 0.15) is 11.6 Å². The molecule has 2 N–H and O–H groups in total. The van der Waals surface area contributed by atoms with Crippen LogP contribution in [0.15, 0.2) is 18.3 Å². The first-order valence-corrected chi connectivity index (χ1v) is 5.70. The summed E-state index contributed by atoms with van der Waals surface area (Å²) in [5, 5.41) is 4.03. The van der Waals surface area contributed by atoms with Gasteiger partial charge >= 0.3 is 0 Å². The molecule has 1 aromatic carbocycles. The summed E-state index contributed by atoms with van der Waals surface area (Å²) in [6.07, 6.45) is -1.05. The molecule has 0 saturated carbocycles. The van der Waals surface area contributed by atoms with Crippen molar-refractivity contribution in [2.24, 2.45) is 7.05 Å². The van der Waals surface area contributed by atoms with E-state index in [0.717, 1.165) is 5.56 Å². The molecule has 1 aromatic heterocycles. The third kappa shape index (κ3) is 2.14. The number of aromatic nitrogens is 2. The smallest absolute Gasteiger partial charge is 0.267 e. The third-order valence-corrected chi connectivity index (χ3v) is 3.09. The lowest BCUT2D eigenvalue weighted by Crippen LogP contribution is -2.01. The third-order valence-electron chi connectivity index (χ3n) is 3.09. The number of rotatable bonds is 3. The number of hydrogen-bond donors (Lipinski definition) is 1. The number of nitrogens with two attached hydrogens (primary N) is 1. The number of halogens is 2. The summed E-state index contributed by atoms with van der Waals surface area (Å²) in [6.45, 7) is 1.82. The molecule has 0 radical (unpaired) electrons. The molecule has 102 valence electrons. The van der Waals surface area contributed by atoms with E-state index in [4.69, 9.17) is 10.5 Å².